The number of nitrogens with zero attached hydrogens (tertiary/aromatic N) is 1. The Hall–Kier alpha value is -0.750. The third-order valence-electron chi connectivity index (χ3n) is 1.35. The molecule has 0 spiro atoms. The van der Waals surface area contributed by atoms with E-state index in [2.05, 4.69) is 0 Å². The monoisotopic (exact) mass is 189 g/mol. The van der Waals surface area contributed by atoms with Crippen LogP contribution < -0.4 is 0 Å². The molecule has 0 aliphatic heterocycles. The van der Waals surface area contributed by atoms with Crippen molar-refractivity contribution in [2.45, 2.75) is 32.3 Å². The molecule has 0 amide bonds. The summed E-state index contributed by atoms with van der Waals surface area (Å²) in [6.07, 6.45) is -0.843. The number of nitriles is 1. The lowest BCUT2D eigenvalue weighted by Gasteiger charge is -2.18. The van der Waals surface area contributed by atoms with Gasteiger partial charge in [0.2, 0.25) is 6.10 Å². The Kier molecular flexibility index (Phi) is 4.68. The first kappa shape index (κ1) is 11.2. The Morgan fingerprint density at radius 2 is 2.08 bits per heavy atom. The Morgan fingerprint density at radius 1 is 1.58 bits per heavy atom. The predicted molar refractivity (Wildman–Crippen MR) is 45.6 cm³/mol. The molecule has 68 valence electrons. The molecule has 0 aliphatic rings. The molecule has 4 heteroatoms. The van der Waals surface area contributed by atoms with Crippen LogP contribution in [0, 0.1) is 17.2 Å². The maximum Gasteiger partial charge on any atom is 0.303 e. The predicted octanol–water partition coefficient (Wildman–Crippen LogP) is 1.71. The van der Waals surface area contributed by atoms with Gasteiger partial charge in [-0.2, -0.15) is 5.26 Å². The zero-order chi connectivity index (χ0) is 9.72. The second kappa shape index (κ2) is 5.00. The van der Waals surface area contributed by atoms with Gasteiger partial charge in [-0.3, -0.25) is 4.79 Å². The topological polar surface area (TPSA) is 50.1 Å². The van der Waals surface area contributed by atoms with E-state index >= 15 is 0 Å². The van der Waals surface area contributed by atoms with Gasteiger partial charge in [-0.1, -0.05) is 13.8 Å². The van der Waals surface area contributed by atoms with Crippen LogP contribution in [0.5, 0.6) is 0 Å². The zero-order valence-electron chi connectivity index (χ0n) is 7.37. The van der Waals surface area contributed by atoms with Crippen LogP contribution in [0.1, 0.15) is 20.8 Å². The fraction of sp³-hybridized carbons (Fsp3) is 0.750. The van der Waals surface area contributed by atoms with Crippen LogP contribution in [0.25, 0.3) is 0 Å². The van der Waals surface area contributed by atoms with Crippen molar-refractivity contribution in [2.75, 3.05) is 0 Å². The van der Waals surface area contributed by atoms with E-state index in [9.17, 15) is 4.79 Å². The Labute approximate surface area is 77.3 Å². The molecular weight excluding hydrogens is 178 g/mol. The molecule has 2 atom stereocenters. The SMILES string of the molecule is CC(=O)OC(C#N)C(Cl)C(C)C. The molecule has 0 aromatic rings. The molecule has 0 heterocycles. The van der Waals surface area contributed by atoms with Crippen LogP contribution in [-0.2, 0) is 9.53 Å². The normalized spacial score (nSPS) is 15.0. The van der Waals surface area contributed by atoms with E-state index < -0.39 is 17.5 Å². The highest BCUT2D eigenvalue weighted by Crippen LogP contribution is 2.16. The minimum Gasteiger partial charge on any atom is -0.445 e. The van der Waals surface area contributed by atoms with Gasteiger partial charge in [-0.05, 0) is 5.92 Å². The fourth-order valence-electron chi connectivity index (χ4n) is 0.691. The molecule has 0 aliphatic carbocycles. The summed E-state index contributed by atoms with van der Waals surface area (Å²) in [4.78, 5) is 10.5. The number of hydrogen-bond acceptors (Lipinski definition) is 3. The highest BCUT2D eigenvalue weighted by atomic mass is 35.5. The molecule has 0 radical (unpaired) electrons. The molecule has 0 rings (SSSR count). The van der Waals surface area contributed by atoms with E-state index in [1.54, 1.807) is 0 Å². The van der Waals surface area contributed by atoms with Crippen LogP contribution in [-0.4, -0.2) is 17.5 Å². The summed E-state index contributed by atoms with van der Waals surface area (Å²) in [6.45, 7) is 4.99. The third-order valence-corrected chi connectivity index (χ3v) is 2.08. The summed E-state index contributed by atoms with van der Waals surface area (Å²) < 4.78 is 4.69. The highest BCUT2D eigenvalue weighted by molar-refractivity contribution is 6.21. The molecule has 0 bridgehead atoms. The first-order valence-electron chi connectivity index (χ1n) is 3.70. The van der Waals surface area contributed by atoms with E-state index in [4.69, 9.17) is 21.6 Å². The van der Waals surface area contributed by atoms with Crippen molar-refractivity contribution in [3.05, 3.63) is 0 Å². The van der Waals surface area contributed by atoms with Crippen molar-refractivity contribution >= 4 is 17.6 Å². The second-order valence-corrected chi connectivity index (χ2v) is 3.35. The van der Waals surface area contributed by atoms with E-state index in [1.165, 1.54) is 6.92 Å². The Balaban J connectivity index is 4.17. The average Bonchev–Trinajstić information content (AvgIpc) is 1.98. The first-order valence-corrected chi connectivity index (χ1v) is 4.13. The number of halogens is 1. The number of ether oxygens (including phenoxy) is 1. The van der Waals surface area contributed by atoms with E-state index in [1.807, 2.05) is 19.9 Å². The molecule has 0 saturated heterocycles. The second-order valence-electron chi connectivity index (χ2n) is 2.85. The number of rotatable bonds is 3. The highest BCUT2D eigenvalue weighted by Gasteiger charge is 2.24. The Morgan fingerprint density at radius 3 is 2.33 bits per heavy atom. The molecule has 12 heavy (non-hydrogen) atoms. The fourth-order valence-corrected chi connectivity index (χ4v) is 0.799. The van der Waals surface area contributed by atoms with Gasteiger partial charge in [0.1, 0.15) is 6.07 Å². The quantitative estimate of drug-likeness (QED) is 0.502. The van der Waals surface area contributed by atoms with Crippen LogP contribution in [0.4, 0.5) is 0 Å². The van der Waals surface area contributed by atoms with Crippen molar-refractivity contribution < 1.29 is 9.53 Å². The molecule has 0 aromatic carbocycles. The lowest BCUT2D eigenvalue weighted by Crippen LogP contribution is -2.29. The molecule has 2 unspecified atom stereocenters. The van der Waals surface area contributed by atoms with Gasteiger partial charge in [-0.15, -0.1) is 11.6 Å². The van der Waals surface area contributed by atoms with Gasteiger partial charge in [0, 0.05) is 6.92 Å². The first-order chi connectivity index (χ1) is 5.49. The number of hydrogen-bond donors (Lipinski definition) is 0. The van der Waals surface area contributed by atoms with Crippen molar-refractivity contribution in [1.82, 2.24) is 0 Å². The summed E-state index contributed by atoms with van der Waals surface area (Å²) >= 11 is 5.83. The van der Waals surface area contributed by atoms with Crippen molar-refractivity contribution in [2.24, 2.45) is 5.92 Å². The lowest BCUT2D eigenvalue weighted by molar-refractivity contribution is -0.144. The van der Waals surface area contributed by atoms with Gasteiger partial charge in [0.25, 0.3) is 0 Å². The molecule has 0 N–H and O–H groups in total. The standard InChI is InChI=1S/C8H12ClNO2/c1-5(2)8(9)7(4-10)12-6(3)11/h5,7-8H,1-3H3. The summed E-state index contributed by atoms with van der Waals surface area (Å²) in [6, 6.07) is 1.84. The summed E-state index contributed by atoms with van der Waals surface area (Å²) in [5, 5.41) is 8.14. The molecular formula is C8H12ClNO2. The molecule has 0 fully saturated rings. The van der Waals surface area contributed by atoms with Crippen LogP contribution >= 0.6 is 11.6 Å². The van der Waals surface area contributed by atoms with Gasteiger partial charge >= 0.3 is 5.97 Å². The van der Waals surface area contributed by atoms with Crippen LogP contribution in [0.3, 0.4) is 0 Å². The molecule has 0 saturated carbocycles. The van der Waals surface area contributed by atoms with Crippen LogP contribution in [0.2, 0.25) is 0 Å². The molecule has 3 nitrogen and oxygen atoms in total. The number of carbonyl (C=O) groups excluding carboxylic acids is 1. The van der Waals surface area contributed by atoms with Gasteiger partial charge < -0.3 is 4.74 Å². The Bertz CT molecular complexity index is 198. The van der Waals surface area contributed by atoms with Crippen molar-refractivity contribution in [1.29, 1.82) is 5.26 Å². The van der Waals surface area contributed by atoms with E-state index in [0.717, 1.165) is 0 Å². The minimum atomic E-state index is -0.843. The smallest absolute Gasteiger partial charge is 0.303 e. The molecule has 0 aromatic heterocycles. The maximum atomic E-state index is 10.5. The van der Waals surface area contributed by atoms with Gasteiger partial charge in [0.15, 0.2) is 0 Å². The number of carbonyl (C=O) groups is 1. The van der Waals surface area contributed by atoms with Gasteiger partial charge in [-0.25, -0.2) is 0 Å². The van der Waals surface area contributed by atoms with E-state index in [0.29, 0.717) is 0 Å². The number of esters is 1. The average molecular weight is 190 g/mol. The lowest BCUT2D eigenvalue weighted by atomic mass is 10.1. The minimum absolute atomic E-state index is 0.107. The van der Waals surface area contributed by atoms with Crippen molar-refractivity contribution in [3.8, 4) is 6.07 Å². The summed E-state index contributed by atoms with van der Waals surface area (Å²) in [5.41, 5.74) is 0. The third kappa shape index (κ3) is 3.59. The van der Waals surface area contributed by atoms with Crippen LogP contribution in [0.15, 0.2) is 0 Å². The zero-order valence-corrected chi connectivity index (χ0v) is 8.13. The van der Waals surface area contributed by atoms with Crippen molar-refractivity contribution in [3.63, 3.8) is 0 Å². The van der Waals surface area contributed by atoms with E-state index in [-0.39, 0.29) is 5.92 Å². The summed E-state index contributed by atoms with van der Waals surface area (Å²) in [5.74, 6) is -0.372. The number of alkyl halides is 1. The summed E-state index contributed by atoms with van der Waals surface area (Å²) in [7, 11) is 0. The largest absolute Gasteiger partial charge is 0.445 e. The maximum absolute atomic E-state index is 10.5. The van der Waals surface area contributed by atoms with Gasteiger partial charge in [0.05, 0.1) is 5.38 Å².